The second-order valence-corrected chi connectivity index (χ2v) is 3.41. The van der Waals surface area contributed by atoms with E-state index >= 15 is 0 Å². The molecule has 2 nitrogen and oxygen atoms in total. The van der Waals surface area contributed by atoms with Crippen molar-refractivity contribution < 1.29 is 5.11 Å². The van der Waals surface area contributed by atoms with Gasteiger partial charge in [-0.25, -0.2) is 0 Å². The van der Waals surface area contributed by atoms with E-state index in [1.165, 1.54) is 12.0 Å². The molecule has 66 valence electrons. The van der Waals surface area contributed by atoms with Gasteiger partial charge in [0.25, 0.3) is 0 Å². The summed E-state index contributed by atoms with van der Waals surface area (Å²) >= 11 is 0. The Morgan fingerprint density at radius 1 is 1.42 bits per heavy atom. The van der Waals surface area contributed by atoms with Crippen LogP contribution in [0.1, 0.15) is 24.8 Å². The van der Waals surface area contributed by atoms with Crippen LogP contribution in [0.3, 0.4) is 0 Å². The molecule has 0 bridgehead atoms. The largest absolute Gasteiger partial charge is 0.508 e. The lowest BCUT2D eigenvalue weighted by Gasteiger charge is -1.97. The molecular weight excluding hydrogens is 150 g/mol. The van der Waals surface area contributed by atoms with Crippen molar-refractivity contribution in [3.05, 3.63) is 29.8 Å². The molecule has 1 aromatic carbocycles. The van der Waals surface area contributed by atoms with Crippen LogP contribution in [0.15, 0.2) is 24.3 Å². The summed E-state index contributed by atoms with van der Waals surface area (Å²) in [5.41, 5.74) is 1.29. The molecule has 1 aromatic rings. The summed E-state index contributed by atoms with van der Waals surface area (Å²) in [7, 11) is 0. The van der Waals surface area contributed by atoms with Crippen LogP contribution >= 0.6 is 0 Å². The van der Waals surface area contributed by atoms with E-state index in [1.807, 2.05) is 12.1 Å². The van der Waals surface area contributed by atoms with Gasteiger partial charge in [0, 0.05) is 0 Å². The van der Waals surface area contributed by atoms with Crippen molar-refractivity contribution >= 4 is 0 Å². The molecule has 0 heterocycles. The van der Waals surface area contributed by atoms with Gasteiger partial charge in [0.1, 0.15) is 5.75 Å². The fourth-order valence-corrected chi connectivity index (χ4v) is 1.54. The minimum atomic E-state index is 0. The fraction of sp³-hybridized carbons (Fsp3) is 0.400. The highest BCUT2D eigenvalue weighted by atomic mass is 16.3. The summed E-state index contributed by atoms with van der Waals surface area (Å²) in [6.07, 6.45) is 1.28. The van der Waals surface area contributed by atoms with Crippen molar-refractivity contribution in [3.8, 4) is 5.75 Å². The molecule has 0 spiro atoms. The van der Waals surface area contributed by atoms with Crippen LogP contribution in [-0.4, -0.2) is 5.11 Å². The standard InChI is InChI=1S/C10H12O.H3N/c1-7-5-10(7)8-3-2-4-9(11)6-8;/h2-4,6-7,10-11H,5H2,1H3;1H3. The highest BCUT2D eigenvalue weighted by Crippen LogP contribution is 2.47. The first kappa shape index (κ1) is 9.07. The predicted molar refractivity (Wildman–Crippen MR) is 49.7 cm³/mol. The minimum Gasteiger partial charge on any atom is -0.508 e. The average Bonchev–Trinajstić information content (AvgIpc) is 2.67. The number of hydrogen-bond acceptors (Lipinski definition) is 2. The monoisotopic (exact) mass is 165 g/mol. The third-order valence-electron chi connectivity index (χ3n) is 2.41. The predicted octanol–water partition coefficient (Wildman–Crippen LogP) is 2.68. The Morgan fingerprint density at radius 3 is 2.58 bits per heavy atom. The van der Waals surface area contributed by atoms with Gasteiger partial charge in [0.15, 0.2) is 0 Å². The molecule has 0 aliphatic heterocycles. The van der Waals surface area contributed by atoms with E-state index in [9.17, 15) is 5.11 Å². The number of phenolic OH excluding ortho intramolecular Hbond substituents is 1. The molecule has 0 saturated heterocycles. The van der Waals surface area contributed by atoms with Crippen molar-refractivity contribution in [2.24, 2.45) is 5.92 Å². The van der Waals surface area contributed by atoms with Crippen LogP contribution in [0.4, 0.5) is 0 Å². The lowest BCUT2D eigenvalue weighted by Crippen LogP contribution is -1.79. The van der Waals surface area contributed by atoms with Crippen molar-refractivity contribution in [3.63, 3.8) is 0 Å². The smallest absolute Gasteiger partial charge is 0.115 e. The molecule has 0 aromatic heterocycles. The number of benzene rings is 1. The van der Waals surface area contributed by atoms with Gasteiger partial charge in [-0.2, -0.15) is 0 Å². The van der Waals surface area contributed by atoms with Crippen LogP contribution in [-0.2, 0) is 0 Å². The quantitative estimate of drug-likeness (QED) is 0.672. The summed E-state index contributed by atoms with van der Waals surface area (Å²) in [6, 6.07) is 7.59. The Bertz CT molecular complexity index is 272. The van der Waals surface area contributed by atoms with E-state index in [0.29, 0.717) is 11.7 Å². The third-order valence-corrected chi connectivity index (χ3v) is 2.41. The number of aromatic hydroxyl groups is 1. The Balaban J connectivity index is 0.000000720. The highest BCUT2D eigenvalue weighted by Gasteiger charge is 2.33. The number of phenols is 1. The normalized spacial score (nSPS) is 26.1. The third kappa shape index (κ3) is 1.59. The molecule has 1 aliphatic rings. The van der Waals surface area contributed by atoms with Gasteiger partial charge in [-0.15, -0.1) is 0 Å². The Kier molecular flexibility index (Phi) is 2.38. The summed E-state index contributed by atoms with van der Waals surface area (Å²) < 4.78 is 0. The lowest BCUT2D eigenvalue weighted by molar-refractivity contribution is 0.474. The van der Waals surface area contributed by atoms with Crippen LogP contribution in [0.25, 0.3) is 0 Å². The van der Waals surface area contributed by atoms with Crippen LogP contribution < -0.4 is 6.15 Å². The first-order chi connectivity index (χ1) is 5.27. The van der Waals surface area contributed by atoms with E-state index in [2.05, 4.69) is 13.0 Å². The molecular formula is C10H15NO. The molecule has 1 saturated carbocycles. The summed E-state index contributed by atoms with van der Waals surface area (Å²) in [5.74, 6) is 1.92. The maximum absolute atomic E-state index is 9.18. The van der Waals surface area contributed by atoms with E-state index in [4.69, 9.17) is 0 Å². The molecule has 2 atom stereocenters. The molecule has 4 N–H and O–H groups in total. The lowest BCUT2D eigenvalue weighted by atomic mass is 10.1. The molecule has 1 fully saturated rings. The van der Waals surface area contributed by atoms with Crippen LogP contribution in [0.5, 0.6) is 5.75 Å². The van der Waals surface area contributed by atoms with E-state index in [0.717, 1.165) is 5.92 Å². The molecule has 2 heteroatoms. The maximum Gasteiger partial charge on any atom is 0.115 e. The average molecular weight is 165 g/mol. The molecule has 1 aliphatic carbocycles. The van der Waals surface area contributed by atoms with Crippen LogP contribution in [0, 0.1) is 5.92 Å². The van der Waals surface area contributed by atoms with Gasteiger partial charge < -0.3 is 11.3 Å². The maximum atomic E-state index is 9.18. The second-order valence-electron chi connectivity index (χ2n) is 3.41. The van der Waals surface area contributed by atoms with Gasteiger partial charge in [-0.3, -0.25) is 0 Å². The zero-order valence-corrected chi connectivity index (χ0v) is 7.33. The minimum absolute atomic E-state index is 0. The van der Waals surface area contributed by atoms with Crippen molar-refractivity contribution in [1.82, 2.24) is 6.15 Å². The van der Waals surface area contributed by atoms with E-state index < -0.39 is 0 Å². The van der Waals surface area contributed by atoms with Gasteiger partial charge in [0.05, 0.1) is 0 Å². The fourth-order valence-electron chi connectivity index (χ4n) is 1.54. The van der Waals surface area contributed by atoms with Crippen molar-refractivity contribution in [2.45, 2.75) is 19.3 Å². The summed E-state index contributed by atoms with van der Waals surface area (Å²) in [5, 5.41) is 9.18. The zero-order valence-electron chi connectivity index (χ0n) is 7.33. The van der Waals surface area contributed by atoms with E-state index in [1.54, 1.807) is 6.07 Å². The van der Waals surface area contributed by atoms with Crippen LogP contribution in [0.2, 0.25) is 0 Å². The van der Waals surface area contributed by atoms with Gasteiger partial charge in [0.2, 0.25) is 0 Å². The number of hydrogen-bond donors (Lipinski definition) is 2. The molecule has 12 heavy (non-hydrogen) atoms. The first-order valence-electron chi connectivity index (χ1n) is 4.06. The Morgan fingerprint density at radius 2 is 2.08 bits per heavy atom. The summed E-state index contributed by atoms with van der Waals surface area (Å²) in [4.78, 5) is 0. The highest BCUT2D eigenvalue weighted by molar-refractivity contribution is 5.32. The molecule has 0 amide bonds. The zero-order chi connectivity index (χ0) is 7.84. The number of rotatable bonds is 1. The Hall–Kier alpha value is -1.02. The van der Waals surface area contributed by atoms with Crippen molar-refractivity contribution in [1.29, 1.82) is 0 Å². The second kappa shape index (κ2) is 3.15. The summed E-state index contributed by atoms with van der Waals surface area (Å²) in [6.45, 7) is 2.24. The topological polar surface area (TPSA) is 55.2 Å². The van der Waals surface area contributed by atoms with E-state index in [-0.39, 0.29) is 6.15 Å². The van der Waals surface area contributed by atoms with Gasteiger partial charge in [-0.05, 0) is 36.0 Å². The molecule has 2 rings (SSSR count). The SMILES string of the molecule is CC1CC1c1cccc(O)c1.N. The van der Waals surface area contributed by atoms with Gasteiger partial charge >= 0.3 is 0 Å². The first-order valence-corrected chi connectivity index (χ1v) is 4.06. The van der Waals surface area contributed by atoms with Gasteiger partial charge in [-0.1, -0.05) is 19.1 Å². The molecule has 2 unspecified atom stereocenters. The molecule has 0 radical (unpaired) electrons. The Labute approximate surface area is 72.8 Å². The van der Waals surface area contributed by atoms with Crippen molar-refractivity contribution in [2.75, 3.05) is 0 Å².